The SMILES string of the molecule is NC[C@@H](C(=O)NO)n1cnc2cc(-c3ccc(CN4CCOCC4)cc3)ccc2c1=O. The molecule has 0 bridgehead atoms. The molecule has 162 valence electrons. The molecule has 3 aromatic rings. The first-order chi connectivity index (χ1) is 15.1. The van der Waals surface area contributed by atoms with E-state index < -0.39 is 17.5 Å². The Morgan fingerprint density at radius 3 is 2.55 bits per heavy atom. The highest BCUT2D eigenvalue weighted by Gasteiger charge is 2.20. The van der Waals surface area contributed by atoms with Gasteiger partial charge in [-0.1, -0.05) is 30.3 Å². The molecule has 2 aromatic carbocycles. The van der Waals surface area contributed by atoms with Crippen molar-refractivity contribution in [3.8, 4) is 11.1 Å². The van der Waals surface area contributed by atoms with Gasteiger partial charge in [-0.2, -0.15) is 0 Å². The van der Waals surface area contributed by atoms with E-state index in [0.717, 1.165) is 48.5 Å². The standard InChI is InChI=1S/C22H25N5O4/c23-12-20(21(28)25-30)27-14-24-19-11-17(5-6-18(19)22(27)29)16-3-1-15(2-4-16)13-26-7-9-31-10-8-26/h1-6,11,14,20,30H,7-10,12-13,23H2,(H,25,28)/t20-/m0/s1. The first kappa shape index (κ1) is 21.1. The average molecular weight is 423 g/mol. The molecule has 1 aromatic heterocycles. The van der Waals surface area contributed by atoms with Gasteiger partial charge in [0.15, 0.2) is 0 Å². The average Bonchev–Trinajstić information content (AvgIpc) is 2.81. The molecule has 0 saturated carbocycles. The number of aromatic nitrogens is 2. The maximum absolute atomic E-state index is 12.8. The van der Waals surface area contributed by atoms with Crippen LogP contribution in [0.2, 0.25) is 0 Å². The van der Waals surface area contributed by atoms with Crippen LogP contribution in [0.25, 0.3) is 22.0 Å². The monoisotopic (exact) mass is 423 g/mol. The number of carbonyl (C=O) groups is 1. The molecule has 0 aliphatic carbocycles. The molecule has 0 radical (unpaired) electrons. The van der Waals surface area contributed by atoms with Crippen LogP contribution in [0.1, 0.15) is 11.6 Å². The van der Waals surface area contributed by atoms with Crippen LogP contribution in [-0.2, 0) is 16.1 Å². The number of morpholine rings is 1. The van der Waals surface area contributed by atoms with Crippen LogP contribution >= 0.6 is 0 Å². The zero-order valence-corrected chi connectivity index (χ0v) is 17.0. The summed E-state index contributed by atoms with van der Waals surface area (Å²) in [4.78, 5) is 31.3. The van der Waals surface area contributed by atoms with Gasteiger partial charge in [-0.25, -0.2) is 10.5 Å². The third-order valence-corrected chi connectivity index (χ3v) is 5.55. The molecule has 1 saturated heterocycles. The van der Waals surface area contributed by atoms with Crippen LogP contribution in [0.4, 0.5) is 0 Å². The number of nitrogens with two attached hydrogens (primary N) is 1. The van der Waals surface area contributed by atoms with Crippen LogP contribution in [-0.4, -0.2) is 58.4 Å². The number of ether oxygens (including phenoxy) is 1. The van der Waals surface area contributed by atoms with E-state index in [2.05, 4.69) is 34.1 Å². The van der Waals surface area contributed by atoms with Crippen molar-refractivity contribution in [2.75, 3.05) is 32.8 Å². The van der Waals surface area contributed by atoms with Gasteiger partial charge >= 0.3 is 0 Å². The highest BCUT2D eigenvalue weighted by Crippen LogP contribution is 2.23. The zero-order valence-electron chi connectivity index (χ0n) is 17.0. The summed E-state index contributed by atoms with van der Waals surface area (Å²) in [6.07, 6.45) is 1.28. The number of hydrogen-bond donors (Lipinski definition) is 3. The molecular formula is C22H25N5O4. The van der Waals surface area contributed by atoms with Crippen molar-refractivity contribution in [2.45, 2.75) is 12.6 Å². The summed E-state index contributed by atoms with van der Waals surface area (Å²) in [7, 11) is 0. The lowest BCUT2D eigenvalue weighted by Crippen LogP contribution is -2.40. The molecule has 1 amide bonds. The number of hydroxylamine groups is 1. The molecule has 2 heterocycles. The van der Waals surface area contributed by atoms with Gasteiger partial charge < -0.3 is 10.5 Å². The Bertz CT molecular complexity index is 1120. The van der Waals surface area contributed by atoms with Crippen LogP contribution in [0.5, 0.6) is 0 Å². The second kappa shape index (κ2) is 9.36. The van der Waals surface area contributed by atoms with Crippen LogP contribution in [0.15, 0.2) is 53.6 Å². The van der Waals surface area contributed by atoms with Gasteiger partial charge in [0.25, 0.3) is 11.5 Å². The minimum atomic E-state index is -1.03. The summed E-state index contributed by atoms with van der Waals surface area (Å²) >= 11 is 0. The molecule has 4 rings (SSSR count). The third kappa shape index (κ3) is 4.49. The number of hydrogen-bond acceptors (Lipinski definition) is 7. The first-order valence-electron chi connectivity index (χ1n) is 10.1. The third-order valence-electron chi connectivity index (χ3n) is 5.55. The fraction of sp³-hybridized carbons (Fsp3) is 0.318. The van der Waals surface area contributed by atoms with Gasteiger partial charge in [-0.15, -0.1) is 0 Å². The van der Waals surface area contributed by atoms with Crippen LogP contribution in [0.3, 0.4) is 0 Å². The quantitative estimate of drug-likeness (QED) is 0.398. The lowest BCUT2D eigenvalue weighted by Gasteiger charge is -2.26. The fourth-order valence-corrected chi connectivity index (χ4v) is 3.78. The summed E-state index contributed by atoms with van der Waals surface area (Å²) in [6.45, 7) is 4.20. The summed E-state index contributed by atoms with van der Waals surface area (Å²) in [6, 6.07) is 12.7. The van der Waals surface area contributed by atoms with Crippen molar-refractivity contribution >= 4 is 16.8 Å². The van der Waals surface area contributed by atoms with Gasteiger partial charge in [0.05, 0.1) is 30.4 Å². The number of rotatable bonds is 6. The molecule has 31 heavy (non-hydrogen) atoms. The Morgan fingerprint density at radius 2 is 1.87 bits per heavy atom. The predicted octanol–water partition coefficient (Wildman–Crippen LogP) is 0.901. The van der Waals surface area contributed by atoms with E-state index >= 15 is 0 Å². The fourth-order valence-electron chi connectivity index (χ4n) is 3.78. The Morgan fingerprint density at radius 1 is 1.16 bits per heavy atom. The van der Waals surface area contributed by atoms with Gasteiger partial charge in [0, 0.05) is 26.2 Å². The highest BCUT2D eigenvalue weighted by molar-refractivity contribution is 5.84. The van der Waals surface area contributed by atoms with Crippen molar-refractivity contribution in [2.24, 2.45) is 5.73 Å². The topological polar surface area (TPSA) is 123 Å². The van der Waals surface area contributed by atoms with E-state index in [4.69, 9.17) is 15.7 Å². The Labute approximate surface area is 179 Å². The Balaban J connectivity index is 1.58. The van der Waals surface area contributed by atoms with Crippen LogP contribution < -0.4 is 16.8 Å². The second-order valence-corrected chi connectivity index (χ2v) is 7.50. The van der Waals surface area contributed by atoms with E-state index in [-0.39, 0.29) is 6.54 Å². The molecule has 1 aliphatic rings. The molecule has 0 unspecified atom stereocenters. The number of nitrogens with one attached hydrogen (secondary N) is 1. The highest BCUT2D eigenvalue weighted by atomic mass is 16.5. The number of amides is 1. The van der Waals surface area contributed by atoms with Gasteiger partial charge in [0.2, 0.25) is 0 Å². The molecule has 9 nitrogen and oxygen atoms in total. The largest absolute Gasteiger partial charge is 0.379 e. The number of nitrogens with zero attached hydrogens (tertiary/aromatic N) is 3. The van der Waals surface area contributed by atoms with Gasteiger partial charge in [0.1, 0.15) is 6.04 Å². The van der Waals surface area contributed by atoms with Gasteiger partial charge in [-0.3, -0.25) is 24.3 Å². The normalized spacial score (nSPS) is 15.7. The number of carbonyl (C=O) groups excluding carboxylic acids is 1. The maximum atomic E-state index is 12.8. The minimum absolute atomic E-state index is 0.144. The van der Waals surface area contributed by atoms with E-state index in [1.54, 1.807) is 6.07 Å². The van der Waals surface area contributed by atoms with E-state index in [1.807, 2.05) is 12.1 Å². The molecule has 1 atom stereocenters. The Kier molecular flexibility index (Phi) is 6.38. The minimum Gasteiger partial charge on any atom is -0.379 e. The van der Waals surface area contributed by atoms with E-state index in [0.29, 0.717) is 10.9 Å². The molecule has 0 spiro atoms. The Hall–Kier alpha value is -3.11. The number of fused-ring (bicyclic) bond motifs is 1. The van der Waals surface area contributed by atoms with Crippen molar-refractivity contribution in [1.29, 1.82) is 0 Å². The molecule has 4 N–H and O–H groups in total. The van der Waals surface area contributed by atoms with E-state index in [9.17, 15) is 9.59 Å². The predicted molar refractivity (Wildman–Crippen MR) is 116 cm³/mol. The molecule has 9 heteroatoms. The van der Waals surface area contributed by atoms with Crippen molar-refractivity contribution in [3.05, 3.63) is 64.7 Å². The lowest BCUT2D eigenvalue weighted by atomic mass is 10.0. The summed E-state index contributed by atoms with van der Waals surface area (Å²) < 4.78 is 6.53. The lowest BCUT2D eigenvalue weighted by molar-refractivity contribution is -0.132. The van der Waals surface area contributed by atoms with Crippen molar-refractivity contribution < 1.29 is 14.7 Å². The molecule has 1 aliphatic heterocycles. The number of benzene rings is 2. The zero-order chi connectivity index (χ0) is 21.8. The molecular weight excluding hydrogens is 398 g/mol. The van der Waals surface area contributed by atoms with Crippen LogP contribution in [0, 0.1) is 0 Å². The summed E-state index contributed by atoms with van der Waals surface area (Å²) in [5, 5.41) is 9.25. The van der Waals surface area contributed by atoms with Crippen molar-refractivity contribution in [1.82, 2.24) is 19.9 Å². The van der Waals surface area contributed by atoms with Gasteiger partial charge in [-0.05, 0) is 28.8 Å². The first-order valence-corrected chi connectivity index (χ1v) is 10.1. The second-order valence-electron chi connectivity index (χ2n) is 7.50. The van der Waals surface area contributed by atoms with Crippen molar-refractivity contribution in [3.63, 3.8) is 0 Å². The summed E-state index contributed by atoms with van der Waals surface area (Å²) in [5.41, 5.74) is 10.5. The van der Waals surface area contributed by atoms with E-state index in [1.165, 1.54) is 17.4 Å². The molecule has 1 fully saturated rings. The maximum Gasteiger partial charge on any atom is 0.267 e. The smallest absolute Gasteiger partial charge is 0.267 e. The summed E-state index contributed by atoms with van der Waals surface area (Å²) in [5.74, 6) is -0.764.